The van der Waals surface area contributed by atoms with Crippen molar-refractivity contribution < 1.29 is 19.1 Å². The highest BCUT2D eigenvalue weighted by atomic mass is 16.5. The highest BCUT2D eigenvalue weighted by Gasteiger charge is 2.35. The van der Waals surface area contributed by atoms with E-state index >= 15 is 0 Å². The molecule has 0 radical (unpaired) electrons. The van der Waals surface area contributed by atoms with Crippen LogP contribution in [0.3, 0.4) is 0 Å². The second-order valence-electron chi connectivity index (χ2n) is 26.8. The van der Waals surface area contributed by atoms with Crippen LogP contribution in [0.4, 0.5) is 22.2 Å². The molecule has 12 N–H and O–H groups in total. The zero-order valence-corrected chi connectivity index (χ0v) is 55.0. The number of fused-ring (bicyclic) bond motifs is 6. The van der Waals surface area contributed by atoms with Gasteiger partial charge in [-0.15, -0.1) is 0 Å². The number of imidazole rings is 3. The number of amides is 3. The average molecular weight is 1310 g/mol. The molecule has 4 aromatic carbocycles. The van der Waals surface area contributed by atoms with Crippen molar-refractivity contribution in [2.24, 2.45) is 17.8 Å². The Balaban J connectivity index is 0.000000121. The Morgan fingerprint density at radius 3 is 1.27 bits per heavy atom. The van der Waals surface area contributed by atoms with Gasteiger partial charge in [0.25, 0.3) is 0 Å². The summed E-state index contributed by atoms with van der Waals surface area (Å²) in [5.74, 6) is 6.44. The van der Waals surface area contributed by atoms with Gasteiger partial charge in [-0.1, -0.05) is 84.9 Å². The lowest BCUT2D eigenvalue weighted by atomic mass is 9.81. The standard InChI is InChI=1S/C29H30N6O2.C24H26N6O.C23H26N6O/c30-27-26-25(24-16-22-8-4-5-9-23(22)33-24)34-28(35(26)15-14-31-27)21-12-10-19(11-13-21)17-32-29(36)37-18-20-6-2-1-3-7-20;25-22-21-20(19-13-16-3-1-2-4-18(16)28-19)29-23(30(21)12-11-26-22)14-5-7-15(8-6-14)24(31)27-17-9-10-17;1-2-25-23(30)15-9-7-14(8-10-15)22-28-19(20-21(24)26-11-12-29(20)22)18-13-16-5-3-4-6-17(16)27-18/h1-9,14-16,19,21,33H,10-13,17-18H2,(H2,30,31)(H,32,36);1-4,11-15,17,28H,5-10H2,(H2,25,26)(H,27,31);3-6,11-15,27H,2,7-10H2,1H3,(H2,24,26)(H,25,30). The number of anilines is 3. The molecule has 9 aromatic heterocycles. The molecule has 0 aliphatic heterocycles. The molecular formula is C76H82N18O4. The summed E-state index contributed by atoms with van der Waals surface area (Å²) in [4.78, 5) is 75.5. The second kappa shape index (κ2) is 27.6. The largest absolute Gasteiger partial charge is 0.445 e. The van der Waals surface area contributed by atoms with Crippen LogP contribution in [-0.2, 0) is 20.9 Å². The molecule has 4 aliphatic rings. The first kappa shape index (κ1) is 63.0. The van der Waals surface area contributed by atoms with E-state index in [1.54, 1.807) is 18.6 Å². The van der Waals surface area contributed by atoms with E-state index < -0.39 is 0 Å². The first-order valence-corrected chi connectivity index (χ1v) is 34.6. The molecule has 17 rings (SSSR count). The lowest BCUT2D eigenvalue weighted by molar-refractivity contribution is -0.126. The fourth-order valence-electron chi connectivity index (χ4n) is 15.0. The number of rotatable bonds is 14. The smallest absolute Gasteiger partial charge is 0.407 e. The summed E-state index contributed by atoms with van der Waals surface area (Å²) in [6.45, 7) is 3.55. The zero-order valence-electron chi connectivity index (χ0n) is 55.0. The topological polar surface area (TPSA) is 313 Å². The molecule has 22 nitrogen and oxygen atoms in total. The van der Waals surface area contributed by atoms with Gasteiger partial charge in [0, 0.05) is 119 Å². The van der Waals surface area contributed by atoms with E-state index in [0.29, 0.717) is 60.3 Å². The Kier molecular flexibility index (Phi) is 17.8. The van der Waals surface area contributed by atoms with Crippen LogP contribution in [0.5, 0.6) is 0 Å². The van der Waals surface area contributed by atoms with Gasteiger partial charge in [0.05, 0.1) is 17.1 Å². The van der Waals surface area contributed by atoms with Gasteiger partial charge in [-0.3, -0.25) is 22.8 Å². The highest BCUT2D eigenvalue weighted by molar-refractivity contribution is 5.94. The van der Waals surface area contributed by atoms with Crippen LogP contribution in [0.15, 0.2) is 159 Å². The van der Waals surface area contributed by atoms with Crippen molar-refractivity contribution in [2.75, 3.05) is 30.3 Å². The summed E-state index contributed by atoms with van der Waals surface area (Å²) in [7, 11) is 0. The molecule has 3 amide bonds. The summed E-state index contributed by atoms with van der Waals surface area (Å²) in [5.41, 5.74) is 31.0. The van der Waals surface area contributed by atoms with E-state index in [-0.39, 0.29) is 36.4 Å². The predicted molar refractivity (Wildman–Crippen MR) is 383 cm³/mol. The average Bonchev–Trinajstić information content (AvgIpc) is 1.62. The first-order chi connectivity index (χ1) is 48.0. The van der Waals surface area contributed by atoms with Gasteiger partial charge in [0.15, 0.2) is 0 Å². The maximum Gasteiger partial charge on any atom is 0.407 e. The monoisotopic (exact) mass is 1310 g/mol. The van der Waals surface area contributed by atoms with Crippen molar-refractivity contribution in [1.82, 2.24) is 74.0 Å². The van der Waals surface area contributed by atoms with E-state index in [1.165, 1.54) is 0 Å². The van der Waals surface area contributed by atoms with Crippen LogP contribution in [0.1, 0.15) is 138 Å². The van der Waals surface area contributed by atoms with Crippen LogP contribution in [0, 0.1) is 17.8 Å². The van der Waals surface area contributed by atoms with Gasteiger partial charge in [0.2, 0.25) is 11.8 Å². The second-order valence-corrected chi connectivity index (χ2v) is 26.8. The number of nitrogen functional groups attached to an aromatic ring is 3. The Hall–Kier alpha value is -11.0. The van der Waals surface area contributed by atoms with Crippen LogP contribution >= 0.6 is 0 Å². The van der Waals surface area contributed by atoms with Gasteiger partial charge in [0.1, 0.15) is 75.2 Å². The van der Waals surface area contributed by atoms with Crippen molar-refractivity contribution in [3.05, 3.63) is 182 Å². The lowest BCUT2D eigenvalue weighted by Crippen LogP contribution is -2.34. The number of benzene rings is 4. The molecule has 0 unspecified atom stereocenters. The van der Waals surface area contributed by atoms with Gasteiger partial charge >= 0.3 is 6.09 Å². The number of nitrogens with zero attached hydrogens (tertiary/aromatic N) is 9. The molecule has 98 heavy (non-hydrogen) atoms. The summed E-state index contributed by atoms with van der Waals surface area (Å²) < 4.78 is 11.6. The van der Waals surface area contributed by atoms with Crippen LogP contribution in [0.25, 0.3) is 83.4 Å². The van der Waals surface area contributed by atoms with Gasteiger partial charge in [-0.05, 0) is 145 Å². The van der Waals surface area contributed by atoms with E-state index in [1.807, 2.05) is 92.2 Å². The number of nitrogens with one attached hydrogen (secondary N) is 6. The minimum absolute atomic E-state index is 0.104. The molecule has 0 spiro atoms. The highest BCUT2D eigenvalue weighted by Crippen LogP contribution is 2.43. The molecule has 500 valence electrons. The van der Waals surface area contributed by atoms with E-state index in [9.17, 15) is 14.4 Å². The summed E-state index contributed by atoms with van der Waals surface area (Å²) in [5, 5.41) is 12.5. The molecule has 0 atom stereocenters. The molecule has 0 bridgehead atoms. The third-order valence-electron chi connectivity index (χ3n) is 20.3. The summed E-state index contributed by atoms with van der Waals surface area (Å²) >= 11 is 0. The number of hydrogen-bond acceptors (Lipinski definition) is 13. The Bertz CT molecular complexity index is 4910. The van der Waals surface area contributed by atoms with Gasteiger partial charge in [-0.2, -0.15) is 0 Å². The predicted octanol–water partition coefficient (Wildman–Crippen LogP) is 13.5. The van der Waals surface area contributed by atoms with Crippen LogP contribution < -0.4 is 33.2 Å². The van der Waals surface area contributed by atoms with Crippen LogP contribution in [-0.4, -0.2) is 95.1 Å². The van der Waals surface area contributed by atoms with E-state index in [0.717, 1.165) is 196 Å². The third kappa shape index (κ3) is 13.1. The molecule has 0 saturated heterocycles. The van der Waals surface area contributed by atoms with Crippen LogP contribution in [0.2, 0.25) is 0 Å². The lowest BCUT2D eigenvalue weighted by Gasteiger charge is -2.27. The molecule has 4 fully saturated rings. The number of aromatic amines is 3. The maximum atomic E-state index is 12.5. The van der Waals surface area contributed by atoms with Crippen molar-refractivity contribution >= 4 is 84.6 Å². The van der Waals surface area contributed by atoms with Crippen molar-refractivity contribution in [2.45, 2.75) is 127 Å². The first-order valence-electron chi connectivity index (χ1n) is 34.6. The Morgan fingerprint density at radius 1 is 0.480 bits per heavy atom. The van der Waals surface area contributed by atoms with Gasteiger partial charge < -0.3 is 52.8 Å². The Morgan fingerprint density at radius 2 is 0.867 bits per heavy atom. The quantitative estimate of drug-likeness (QED) is 0.0490. The molecule has 13 aromatic rings. The molecule has 4 aliphatic carbocycles. The van der Waals surface area contributed by atoms with Crippen molar-refractivity contribution in [3.8, 4) is 34.2 Å². The van der Waals surface area contributed by atoms with Gasteiger partial charge in [-0.25, -0.2) is 34.7 Å². The molecule has 22 heteroatoms. The zero-order chi connectivity index (χ0) is 66.8. The number of alkyl carbamates (subject to hydrolysis) is 1. The Labute approximate surface area is 566 Å². The number of nitrogens with two attached hydrogens (primary N) is 3. The molecule has 9 heterocycles. The molecule has 4 saturated carbocycles. The normalized spacial score (nSPS) is 19.4. The fourth-order valence-corrected chi connectivity index (χ4v) is 15.0. The SMILES string of the molecule is CCNC(=O)C1CCC(c2nc(-c3cc4ccccc4[nH]3)c3c(N)nccn23)CC1.Nc1nccn2c(C3CCC(C(=O)NC4CC4)CC3)nc(-c3cc4ccccc4[nH]3)c12.Nc1nccn2c(C3CCC(CNC(=O)OCc4ccccc4)CC3)nc(-c3cc4ccccc4[nH]3)c12. The number of aromatic nitrogens is 12. The number of H-pyrrole nitrogens is 3. The van der Waals surface area contributed by atoms with E-state index in [4.69, 9.17) is 36.9 Å². The number of hydrogen-bond donors (Lipinski definition) is 9. The minimum atomic E-state index is -0.365. The number of carbonyl (C=O) groups excluding carboxylic acids is 3. The number of para-hydroxylation sites is 3. The summed E-state index contributed by atoms with van der Waals surface area (Å²) in [6.07, 6.45) is 24.3. The maximum absolute atomic E-state index is 12.5. The van der Waals surface area contributed by atoms with Crippen molar-refractivity contribution in [3.63, 3.8) is 0 Å². The fraction of sp³-hybridized carbons (Fsp3) is 0.329. The number of ether oxygens (including phenoxy) is 1. The summed E-state index contributed by atoms with van der Waals surface area (Å²) in [6, 6.07) is 41.1. The third-order valence-corrected chi connectivity index (χ3v) is 20.3. The van der Waals surface area contributed by atoms with Crippen molar-refractivity contribution in [1.29, 1.82) is 0 Å². The minimum Gasteiger partial charge on any atom is -0.445 e. The van der Waals surface area contributed by atoms with E-state index in [2.05, 4.69) is 114 Å². The number of carbonyl (C=O) groups is 3. The molecular weight excluding hydrogens is 1230 g/mol.